The Morgan fingerprint density at radius 3 is 2.72 bits per heavy atom. The van der Waals surface area contributed by atoms with E-state index in [-0.39, 0.29) is 11.3 Å². The summed E-state index contributed by atoms with van der Waals surface area (Å²) in [6.45, 7) is 3.11. The monoisotopic (exact) mass is 337 g/mol. The van der Waals surface area contributed by atoms with Gasteiger partial charge in [-0.2, -0.15) is 0 Å². The number of hydrogen-bond acceptors (Lipinski definition) is 5. The second-order valence-electron chi connectivity index (χ2n) is 4.02. The molecule has 0 saturated carbocycles. The van der Waals surface area contributed by atoms with Crippen LogP contribution in [0.25, 0.3) is 0 Å². The van der Waals surface area contributed by atoms with E-state index >= 15 is 0 Å². The summed E-state index contributed by atoms with van der Waals surface area (Å²) in [6.07, 6.45) is 2.68. The van der Waals surface area contributed by atoms with Crippen molar-refractivity contribution in [3.8, 4) is 0 Å². The highest BCUT2D eigenvalue weighted by Gasteiger charge is 2.05. The highest BCUT2D eigenvalue weighted by atomic mass is 79.9. The summed E-state index contributed by atoms with van der Waals surface area (Å²) in [4.78, 5) is 15.8. The van der Waals surface area contributed by atoms with Crippen molar-refractivity contribution in [1.82, 2.24) is 14.9 Å². The summed E-state index contributed by atoms with van der Waals surface area (Å²) in [6, 6.07) is 0. The van der Waals surface area contributed by atoms with Gasteiger partial charge in [0.1, 0.15) is 14.3 Å². The summed E-state index contributed by atoms with van der Waals surface area (Å²) >= 11 is 3.18. The predicted octanol–water partition coefficient (Wildman–Crippen LogP) is -0.0516. The summed E-state index contributed by atoms with van der Waals surface area (Å²) < 4.78 is 23.7. The van der Waals surface area contributed by atoms with Crippen LogP contribution in [0.2, 0.25) is 0 Å². The minimum Gasteiger partial charge on any atom is -0.314 e. The highest BCUT2D eigenvalue weighted by Crippen LogP contribution is 2.05. The van der Waals surface area contributed by atoms with E-state index < -0.39 is 9.84 Å². The van der Waals surface area contributed by atoms with E-state index in [1.165, 1.54) is 17.2 Å². The molecule has 1 N–H and O–H groups in total. The van der Waals surface area contributed by atoms with E-state index in [0.717, 1.165) is 0 Å². The van der Waals surface area contributed by atoms with E-state index in [1.54, 1.807) is 6.92 Å². The summed E-state index contributed by atoms with van der Waals surface area (Å²) in [5.41, 5.74) is 0.522. The number of rotatable bonds is 6. The molecule has 0 spiro atoms. The first kappa shape index (κ1) is 15.3. The molecule has 0 bridgehead atoms. The maximum Gasteiger partial charge on any atom is 0.267 e. The second-order valence-corrected chi connectivity index (χ2v) is 7.08. The van der Waals surface area contributed by atoms with Gasteiger partial charge in [0.25, 0.3) is 5.56 Å². The van der Waals surface area contributed by atoms with Crippen LogP contribution in [0, 0.1) is 6.92 Å². The largest absolute Gasteiger partial charge is 0.314 e. The average molecular weight is 338 g/mol. The van der Waals surface area contributed by atoms with Gasteiger partial charge in [-0.05, 0) is 22.9 Å². The molecule has 0 amide bonds. The molecule has 0 aliphatic heterocycles. The molecule has 1 rings (SSSR count). The molecule has 0 aromatic carbocycles. The molecular weight excluding hydrogens is 322 g/mol. The van der Waals surface area contributed by atoms with Crippen LogP contribution in [0.5, 0.6) is 0 Å². The molecule has 102 valence electrons. The molecule has 0 unspecified atom stereocenters. The van der Waals surface area contributed by atoms with Crippen molar-refractivity contribution in [1.29, 1.82) is 0 Å². The van der Waals surface area contributed by atoms with Gasteiger partial charge in [0.05, 0.1) is 17.8 Å². The maximum absolute atomic E-state index is 11.8. The molecule has 18 heavy (non-hydrogen) atoms. The van der Waals surface area contributed by atoms with Gasteiger partial charge in [0.15, 0.2) is 0 Å². The highest BCUT2D eigenvalue weighted by molar-refractivity contribution is 9.10. The number of aryl methyl sites for hydroxylation is 1. The first-order valence-electron chi connectivity index (χ1n) is 5.41. The Kier molecular flexibility index (Phi) is 5.48. The SMILES string of the molecule is Cc1ncn(CCNCCS(C)(=O)=O)c(=O)c1Br. The fourth-order valence-electron chi connectivity index (χ4n) is 1.29. The third kappa shape index (κ3) is 4.87. The lowest BCUT2D eigenvalue weighted by molar-refractivity contribution is 0.575. The Hall–Kier alpha value is -0.730. The molecule has 0 aliphatic rings. The van der Waals surface area contributed by atoms with Gasteiger partial charge in [0.2, 0.25) is 0 Å². The topological polar surface area (TPSA) is 81.1 Å². The van der Waals surface area contributed by atoms with E-state index in [4.69, 9.17) is 0 Å². The third-order valence-corrected chi connectivity index (χ3v) is 4.19. The van der Waals surface area contributed by atoms with Crippen LogP contribution in [0.3, 0.4) is 0 Å². The molecular formula is C10H16BrN3O3S. The lowest BCUT2D eigenvalue weighted by Crippen LogP contribution is -2.30. The van der Waals surface area contributed by atoms with Crippen molar-refractivity contribution in [3.05, 3.63) is 26.8 Å². The molecule has 6 nitrogen and oxygen atoms in total. The summed E-state index contributed by atoms with van der Waals surface area (Å²) in [7, 11) is -2.94. The van der Waals surface area contributed by atoms with Gasteiger partial charge in [-0.15, -0.1) is 0 Å². The fraction of sp³-hybridized carbons (Fsp3) is 0.600. The van der Waals surface area contributed by atoms with Crippen LogP contribution in [0.1, 0.15) is 5.69 Å². The van der Waals surface area contributed by atoms with Gasteiger partial charge in [-0.3, -0.25) is 9.36 Å². The van der Waals surface area contributed by atoms with Crippen LogP contribution in [-0.4, -0.2) is 43.1 Å². The van der Waals surface area contributed by atoms with Crippen molar-refractivity contribution < 1.29 is 8.42 Å². The van der Waals surface area contributed by atoms with Crippen LogP contribution in [0.15, 0.2) is 15.6 Å². The molecule has 8 heteroatoms. The Bertz CT molecular complexity index is 568. The smallest absolute Gasteiger partial charge is 0.267 e. The van der Waals surface area contributed by atoms with Crippen molar-refractivity contribution in [2.75, 3.05) is 25.1 Å². The number of nitrogens with zero attached hydrogens (tertiary/aromatic N) is 2. The van der Waals surface area contributed by atoms with Crippen LogP contribution < -0.4 is 10.9 Å². The minimum atomic E-state index is -2.94. The lowest BCUT2D eigenvalue weighted by Gasteiger charge is -2.07. The molecule has 1 heterocycles. The number of aromatic nitrogens is 2. The van der Waals surface area contributed by atoms with E-state index in [0.29, 0.717) is 29.8 Å². The van der Waals surface area contributed by atoms with Gasteiger partial charge in [-0.1, -0.05) is 0 Å². The van der Waals surface area contributed by atoms with Crippen LogP contribution in [0.4, 0.5) is 0 Å². The first-order valence-corrected chi connectivity index (χ1v) is 8.26. The molecule has 0 fully saturated rings. The fourth-order valence-corrected chi connectivity index (χ4v) is 2.13. The van der Waals surface area contributed by atoms with Crippen molar-refractivity contribution >= 4 is 25.8 Å². The third-order valence-electron chi connectivity index (χ3n) is 2.34. The zero-order chi connectivity index (χ0) is 13.8. The van der Waals surface area contributed by atoms with Crippen molar-refractivity contribution in [2.45, 2.75) is 13.5 Å². The number of sulfone groups is 1. The van der Waals surface area contributed by atoms with Gasteiger partial charge in [-0.25, -0.2) is 13.4 Å². The Morgan fingerprint density at radius 2 is 2.11 bits per heavy atom. The zero-order valence-electron chi connectivity index (χ0n) is 10.3. The van der Waals surface area contributed by atoms with Gasteiger partial charge in [0, 0.05) is 25.9 Å². The minimum absolute atomic E-state index is 0.0950. The normalized spacial score (nSPS) is 11.7. The number of nitrogens with one attached hydrogen (secondary N) is 1. The van der Waals surface area contributed by atoms with E-state index in [9.17, 15) is 13.2 Å². The van der Waals surface area contributed by atoms with Gasteiger partial charge < -0.3 is 5.32 Å². The molecule has 0 saturated heterocycles. The molecule has 0 aliphatic carbocycles. The quantitative estimate of drug-likeness (QED) is 0.736. The molecule has 0 radical (unpaired) electrons. The van der Waals surface area contributed by atoms with Crippen molar-refractivity contribution in [2.24, 2.45) is 0 Å². The number of hydrogen-bond donors (Lipinski definition) is 1. The number of halogens is 1. The second kappa shape index (κ2) is 6.44. The Labute approximate surface area is 114 Å². The summed E-state index contributed by atoms with van der Waals surface area (Å²) in [5, 5.41) is 2.97. The zero-order valence-corrected chi connectivity index (χ0v) is 12.7. The predicted molar refractivity (Wildman–Crippen MR) is 73.5 cm³/mol. The summed E-state index contributed by atoms with van der Waals surface area (Å²) in [5.74, 6) is 0.0950. The Morgan fingerprint density at radius 1 is 1.44 bits per heavy atom. The average Bonchev–Trinajstić information content (AvgIpc) is 2.27. The molecule has 1 aromatic heterocycles. The van der Waals surface area contributed by atoms with Crippen molar-refractivity contribution in [3.63, 3.8) is 0 Å². The van der Waals surface area contributed by atoms with E-state index in [1.807, 2.05) is 0 Å². The molecule has 1 aromatic rings. The van der Waals surface area contributed by atoms with Crippen LogP contribution >= 0.6 is 15.9 Å². The lowest BCUT2D eigenvalue weighted by atomic mass is 10.4. The van der Waals surface area contributed by atoms with Gasteiger partial charge >= 0.3 is 0 Å². The standard InChI is InChI=1S/C10H16BrN3O3S/c1-8-9(11)10(15)14(7-13-8)5-3-12-4-6-18(2,16)17/h7,12H,3-6H2,1-2H3. The first-order chi connectivity index (χ1) is 8.31. The molecule has 0 atom stereocenters. The maximum atomic E-state index is 11.8. The van der Waals surface area contributed by atoms with E-state index in [2.05, 4.69) is 26.2 Å². The Balaban J connectivity index is 2.46. The van der Waals surface area contributed by atoms with Crippen LogP contribution in [-0.2, 0) is 16.4 Å².